The van der Waals surface area contributed by atoms with Gasteiger partial charge < -0.3 is 5.32 Å². The van der Waals surface area contributed by atoms with Crippen molar-refractivity contribution in [2.45, 2.75) is 19.5 Å². The molecule has 136 valence electrons. The van der Waals surface area contributed by atoms with Crippen molar-refractivity contribution in [2.75, 3.05) is 11.9 Å². The SMILES string of the molecule is Cc1cc(-c2cnc3c(NCCC(F)(F)F)cc(Br)cn23)ccc1C=O. The van der Waals surface area contributed by atoms with Gasteiger partial charge in [0.05, 0.1) is 24.0 Å². The van der Waals surface area contributed by atoms with Gasteiger partial charge in [0.25, 0.3) is 0 Å². The number of anilines is 1. The maximum atomic E-state index is 12.4. The number of alkyl halides is 3. The quantitative estimate of drug-likeness (QED) is 0.567. The molecule has 1 N–H and O–H groups in total. The summed E-state index contributed by atoms with van der Waals surface area (Å²) in [5, 5.41) is 2.80. The molecule has 3 aromatic rings. The molecule has 2 aromatic heterocycles. The molecule has 0 amide bonds. The fraction of sp³-hybridized carbons (Fsp3) is 0.222. The van der Waals surface area contributed by atoms with Crippen LogP contribution in [-0.4, -0.2) is 28.4 Å². The van der Waals surface area contributed by atoms with Crippen molar-refractivity contribution in [2.24, 2.45) is 0 Å². The number of halogens is 4. The summed E-state index contributed by atoms with van der Waals surface area (Å²) in [6.45, 7) is 1.61. The number of hydrogen-bond acceptors (Lipinski definition) is 3. The lowest BCUT2D eigenvalue weighted by Crippen LogP contribution is -2.15. The maximum Gasteiger partial charge on any atom is 0.390 e. The second-order valence-electron chi connectivity index (χ2n) is 5.89. The van der Waals surface area contributed by atoms with Crippen LogP contribution in [0.3, 0.4) is 0 Å². The summed E-state index contributed by atoms with van der Waals surface area (Å²) >= 11 is 3.39. The van der Waals surface area contributed by atoms with E-state index in [9.17, 15) is 18.0 Å². The highest BCUT2D eigenvalue weighted by Crippen LogP contribution is 2.29. The van der Waals surface area contributed by atoms with Crippen molar-refractivity contribution >= 4 is 33.6 Å². The second-order valence-corrected chi connectivity index (χ2v) is 6.81. The maximum absolute atomic E-state index is 12.4. The Labute approximate surface area is 156 Å². The monoisotopic (exact) mass is 425 g/mol. The zero-order chi connectivity index (χ0) is 18.9. The fourth-order valence-electron chi connectivity index (χ4n) is 2.70. The minimum Gasteiger partial charge on any atom is -0.382 e. The summed E-state index contributed by atoms with van der Waals surface area (Å²) in [6, 6.07) is 7.13. The van der Waals surface area contributed by atoms with Crippen LogP contribution in [0, 0.1) is 6.92 Å². The first-order valence-corrected chi connectivity index (χ1v) is 8.61. The number of benzene rings is 1. The van der Waals surface area contributed by atoms with Crippen LogP contribution in [0.1, 0.15) is 22.3 Å². The van der Waals surface area contributed by atoms with Gasteiger partial charge in [-0.15, -0.1) is 0 Å². The number of imidazole rings is 1. The molecular formula is C18H15BrF3N3O. The molecule has 1 aromatic carbocycles. The topological polar surface area (TPSA) is 46.4 Å². The number of aromatic nitrogens is 2. The third kappa shape index (κ3) is 3.90. The van der Waals surface area contributed by atoms with Gasteiger partial charge in [0, 0.05) is 28.3 Å². The molecule has 4 nitrogen and oxygen atoms in total. The van der Waals surface area contributed by atoms with Gasteiger partial charge in [0.1, 0.15) is 6.29 Å². The van der Waals surface area contributed by atoms with Crippen LogP contribution >= 0.6 is 15.9 Å². The van der Waals surface area contributed by atoms with Crippen molar-refractivity contribution in [3.63, 3.8) is 0 Å². The largest absolute Gasteiger partial charge is 0.390 e. The average Bonchev–Trinajstić information content (AvgIpc) is 2.97. The van der Waals surface area contributed by atoms with E-state index in [1.807, 2.05) is 19.1 Å². The third-order valence-corrected chi connectivity index (χ3v) is 4.42. The van der Waals surface area contributed by atoms with E-state index >= 15 is 0 Å². The number of nitrogens with one attached hydrogen (secondary N) is 1. The van der Waals surface area contributed by atoms with Crippen LogP contribution in [0.25, 0.3) is 16.9 Å². The summed E-state index contributed by atoms with van der Waals surface area (Å²) in [7, 11) is 0. The van der Waals surface area contributed by atoms with Crippen molar-refractivity contribution in [1.29, 1.82) is 0 Å². The fourth-order valence-corrected chi connectivity index (χ4v) is 3.14. The summed E-state index contributed by atoms with van der Waals surface area (Å²) in [4.78, 5) is 15.3. The van der Waals surface area contributed by atoms with E-state index in [1.54, 1.807) is 28.9 Å². The molecule has 0 unspecified atom stereocenters. The first kappa shape index (κ1) is 18.4. The van der Waals surface area contributed by atoms with E-state index in [4.69, 9.17) is 0 Å². The van der Waals surface area contributed by atoms with Gasteiger partial charge in [-0.1, -0.05) is 12.1 Å². The Bertz CT molecular complexity index is 966. The number of aryl methyl sites for hydroxylation is 1. The second kappa shape index (κ2) is 7.11. The number of rotatable bonds is 5. The van der Waals surface area contributed by atoms with Gasteiger partial charge >= 0.3 is 6.18 Å². The van der Waals surface area contributed by atoms with E-state index in [-0.39, 0.29) is 6.54 Å². The molecule has 0 aliphatic carbocycles. The van der Waals surface area contributed by atoms with Crippen molar-refractivity contribution < 1.29 is 18.0 Å². The molecule has 0 saturated carbocycles. The summed E-state index contributed by atoms with van der Waals surface area (Å²) in [5.74, 6) is 0. The predicted molar refractivity (Wildman–Crippen MR) is 97.6 cm³/mol. The van der Waals surface area contributed by atoms with Crippen molar-refractivity contribution in [3.8, 4) is 11.3 Å². The van der Waals surface area contributed by atoms with Crippen LogP contribution in [-0.2, 0) is 0 Å². The molecule has 0 atom stereocenters. The van der Waals surface area contributed by atoms with Gasteiger partial charge in [0.15, 0.2) is 5.65 Å². The Balaban J connectivity index is 1.99. The van der Waals surface area contributed by atoms with E-state index in [2.05, 4.69) is 26.2 Å². The van der Waals surface area contributed by atoms with Crippen LogP contribution in [0.15, 0.2) is 41.1 Å². The average molecular weight is 426 g/mol. The number of pyridine rings is 1. The van der Waals surface area contributed by atoms with Crippen LogP contribution < -0.4 is 5.32 Å². The van der Waals surface area contributed by atoms with Crippen molar-refractivity contribution in [3.05, 3.63) is 52.3 Å². The summed E-state index contributed by atoms with van der Waals surface area (Å²) in [5.41, 5.74) is 4.13. The van der Waals surface area contributed by atoms with Gasteiger partial charge in [-0.25, -0.2) is 4.98 Å². The zero-order valence-electron chi connectivity index (χ0n) is 13.8. The van der Waals surface area contributed by atoms with Crippen LogP contribution in [0.4, 0.5) is 18.9 Å². The molecule has 0 aliphatic heterocycles. The molecule has 2 heterocycles. The molecular weight excluding hydrogens is 411 g/mol. The lowest BCUT2D eigenvalue weighted by molar-refractivity contribution is -0.131. The lowest BCUT2D eigenvalue weighted by atomic mass is 10.0. The normalized spacial score (nSPS) is 11.7. The standard InChI is InChI=1S/C18H15BrF3N3O/c1-11-6-12(2-3-13(11)10-26)16-8-24-17-15(7-14(19)9-25(16)17)23-5-4-18(20,21)22/h2-3,6-10,23H,4-5H2,1H3. The molecule has 8 heteroatoms. The number of carbonyl (C=O) groups excluding carboxylic acids is 1. The molecule has 0 spiro atoms. The Morgan fingerprint density at radius 1 is 1.31 bits per heavy atom. The van der Waals surface area contributed by atoms with E-state index in [0.29, 0.717) is 21.4 Å². The molecule has 0 radical (unpaired) electrons. The lowest BCUT2D eigenvalue weighted by Gasteiger charge is -2.11. The molecule has 3 rings (SSSR count). The number of carbonyl (C=O) groups is 1. The molecule has 26 heavy (non-hydrogen) atoms. The van der Waals surface area contributed by atoms with Gasteiger partial charge in [-0.05, 0) is 40.5 Å². The zero-order valence-corrected chi connectivity index (χ0v) is 15.4. The highest BCUT2D eigenvalue weighted by molar-refractivity contribution is 9.10. The Morgan fingerprint density at radius 2 is 2.08 bits per heavy atom. The van der Waals surface area contributed by atoms with Gasteiger partial charge in [-0.3, -0.25) is 9.20 Å². The Kier molecular flexibility index (Phi) is 5.04. The molecule has 0 bridgehead atoms. The number of hydrogen-bond donors (Lipinski definition) is 1. The third-order valence-electron chi connectivity index (χ3n) is 3.99. The minimum atomic E-state index is -4.21. The Morgan fingerprint density at radius 3 is 2.73 bits per heavy atom. The Hall–Kier alpha value is -2.35. The first-order valence-electron chi connectivity index (χ1n) is 7.82. The summed E-state index contributed by atoms with van der Waals surface area (Å²) in [6.07, 6.45) is -0.881. The number of aldehydes is 1. The van der Waals surface area contributed by atoms with Crippen LogP contribution in [0.5, 0.6) is 0 Å². The molecule has 0 aliphatic rings. The minimum absolute atomic E-state index is 0.231. The highest BCUT2D eigenvalue weighted by atomic mass is 79.9. The molecule has 0 fully saturated rings. The van der Waals surface area contributed by atoms with Gasteiger partial charge in [-0.2, -0.15) is 13.2 Å². The molecule has 0 saturated heterocycles. The number of nitrogens with zero attached hydrogens (tertiary/aromatic N) is 2. The van der Waals surface area contributed by atoms with E-state index in [0.717, 1.165) is 23.1 Å². The smallest absolute Gasteiger partial charge is 0.382 e. The predicted octanol–water partition coefficient (Wildman–Crippen LogP) is 5.25. The van der Waals surface area contributed by atoms with E-state index < -0.39 is 12.6 Å². The van der Waals surface area contributed by atoms with Crippen LogP contribution in [0.2, 0.25) is 0 Å². The first-order chi connectivity index (χ1) is 12.3. The number of fused-ring (bicyclic) bond motifs is 1. The van der Waals surface area contributed by atoms with E-state index in [1.165, 1.54) is 0 Å². The summed E-state index contributed by atoms with van der Waals surface area (Å²) < 4.78 is 39.7. The van der Waals surface area contributed by atoms with Gasteiger partial charge in [0.2, 0.25) is 0 Å². The van der Waals surface area contributed by atoms with Crippen molar-refractivity contribution in [1.82, 2.24) is 9.38 Å². The highest BCUT2D eigenvalue weighted by Gasteiger charge is 2.26.